The van der Waals surface area contributed by atoms with Gasteiger partial charge in [-0.3, -0.25) is 20.4 Å². The van der Waals surface area contributed by atoms with Crippen LogP contribution in [-0.2, 0) is 0 Å². The molecule has 7 aromatic heterocycles. The Labute approximate surface area is 248 Å². The Hall–Kier alpha value is -6.56. The third-order valence-electron chi connectivity index (χ3n) is 7.78. The number of aromatic amines is 6. The molecule has 9 rings (SSSR count). The number of fused-ring (bicyclic) bond motifs is 8. The van der Waals surface area contributed by atoms with E-state index in [2.05, 4.69) is 50.8 Å². The molecular formula is C32H22N12. The summed E-state index contributed by atoms with van der Waals surface area (Å²) in [5.74, 6) is 0. The van der Waals surface area contributed by atoms with E-state index in [1.165, 1.54) is 0 Å². The molecule has 0 aromatic carbocycles. The number of aromatic nitrogens is 12. The van der Waals surface area contributed by atoms with Gasteiger partial charge in [0.15, 0.2) is 0 Å². The van der Waals surface area contributed by atoms with Crippen LogP contribution in [0.2, 0.25) is 0 Å². The van der Waals surface area contributed by atoms with Crippen LogP contribution in [0.5, 0.6) is 0 Å². The molecule has 0 saturated heterocycles. The van der Waals surface area contributed by atoms with Crippen LogP contribution < -0.4 is 0 Å². The molecule has 0 fully saturated rings. The molecule has 0 spiro atoms. The summed E-state index contributed by atoms with van der Waals surface area (Å²) < 4.78 is 0. The molecule has 0 amide bonds. The first kappa shape index (κ1) is 24.1. The van der Waals surface area contributed by atoms with Crippen molar-refractivity contribution < 1.29 is 0 Å². The van der Waals surface area contributed by atoms with Crippen molar-refractivity contribution in [3.8, 4) is 45.0 Å². The Balaban J connectivity index is 1.49. The minimum atomic E-state index is 0.765. The van der Waals surface area contributed by atoms with E-state index in [4.69, 9.17) is 9.97 Å². The first-order valence-electron chi connectivity index (χ1n) is 14.0. The molecule has 0 saturated carbocycles. The van der Waals surface area contributed by atoms with Gasteiger partial charge in [0, 0.05) is 24.8 Å². The molecule has 7 aromatic rings. The molecule has 12 heteroatoms. The molecular weight excluding hydrogens is 552 g/mol. The number of hydrogen-bond donors (Lipinski definition) is 6. The first-order valence-corrected chi connectivity index (χ1v) is 14.0. The molecule has 0 radical (unpaired) electrons. The van der Waals surface area contributed by atoms with Crippen molar-refractivity contribution in [2.45, 2.75) is 0 Å². The molecule has 12 nitrogen and oxygen atoms in total. The van der Waals surface area contributed by atoms with E-state index in [9.17, 15) is 0 Å². The molecule has 8 bridgehead atoms. The van der Waals surface area contributed by atoms with Gasteiger partial charge in [0.2, 0.25) is 0 Å². The third kappa shape index (κ3) is 3.78. The molecule has 0 atom stereocenters. The van der Waals surface area contributed by atoms with Gasteiger partial charge in [-0.25, -0.2) is 9.97 Å². The fourth-order valence-electron chi connectivity index (χ4n) is 5.88. The van der Waals surface area contributed by atoms with Crippen molar-refractivity contribution in [2.24, 2.45) is 0 Å². The smallest absolute Gasteiger partial charge is 0.0963 e. The van der Waals surface area contributed by atoms with Crippen LogP contribution >= 0.6 is 0 Å². The van der Waals surface area contributed by atoms with Crippen LogP contribution in [0.4, 0.5) is 0 Å². The zero-order chi connectivity index (χ0) is 29.0. The second-order valence-electron chi connectivity index (χ2n) is 10.3. The molecule has 6 N–H and O–H groups in total. The predicted molar refractivity (Wildman–Crippen MR) is 169 cm³/mol. The van der Waals surface area contributed by atoms with E-state index in [0.717, 1.165) is 89.9 Å². The van der Waals surface area contributed by atoms with Gasteiger partial charge in [0.05, 0.1) is 89.9 Å². The highest BCUT2D eigenvalue weighted by Gasteiger charge is 2.20. The van der Waals surface area contributed by atoms with Gasteiger partial charge in [0.1, 0.15) is 0 Å². The van der Waals surface area contributed by atoms with Crippen LogP contribution in [0.15, 0.2) is 73.3 Å². The van der Waals surface area contributed by atoms with Crippen molar-refractivity contribution in [1.29, 1.82) is 0 Å². The Kier molecular flexibility index (Phi) is 5.19. The lowest BCUT2D eigenvalue weighted by Crippen LogP contribution is -1.90. The molecule has 44 heavy (non-hydrogen) atoms. The van der Waals surface area contributed by atoms with Crippen LogP contribution in [0.3, 0.4) is 0 Å². The largest absolute Gasteiger partial charge is 0.354 e. The average molecular weight is 575 g/mol. The maximum atomic E-state index is 5.15. The summed E-state index contributed by atoms with van der Waals surface area (Å²) in [6.07, 6.45) is 15.3. The van der Waals surface area contributed by atoms with Crippen LogP contribution in [-0.4, -0.2) is 60.7 Å². The SMILES string of the molecule is C1=Cc2nc1c(-c1cc[nH]n1)c1ccc([nH]1)c(-c1cc[nH]n1)c1nc(c(-c3cc[nH]n3)c3ccc([nH]3)c2-c2cc[nH]n2)C=C1. The van der Waals surface area contributed by atoms with Crippen molar-refractivity contribution in [3.05, 3.63) is 96.1 Å². The highest BCUT2D eigenvalue weighted by Crippen LogP contribution is 2.36. The fourth-order valence-corrected chi connectivity index (χ4v) is 5.88. The summed E-state index contributed by atoms with van der Waals surface area (Å²) >= 11 is 0. The molecule has 2 aliphatic heterocycles. The molecule has 210 valence electrons. The van der Waals surface area contributed by atoms with Crippen LogP contribution in [0.25, 0.3) is 91.4 Å². The van der Waals surface area contributed by atoms with Crippen LogP contribution in [0, 0.1) is 0 Å². The van der Waals surface area contributed by atoms with Crippen LogP contribution in [0.1, 0.15) is 22.8 Å². The van der Waals surface area contributed by atoms with E-state index in [1.807, 2.05) is 72.8 Å². The van der Waals surface area contributed by atoms with E-state index in [0.29, 0.717) is 0 Å². The van der Waals surface area contributed by atoms with Gasteiger partial charge in [-0.15, -0.1) is 0 Å². The Morgan fingerprint density at radius 2 is 0.614 bits per heavy atom. The number of hydrogen-bond acceptors (Lipinski definition) is 6. The lowest BCUT2D eigenvalue weighted by Gasteiger charge is -2.02. The number of H-pyrrole nitrogens is 6. The Morgan fingerprint density at radius 3 is 0.841 bits per heavy atom. The average Bonchev–Trinajstić information content (AvgIpc) is 3.90. The molecule has 2 aliphatic rings. The van der Waals surface area contributed by atoms with Gasteiger partial charge >= 0.3 is 0 Å². The number of nitrogens with zero attached hydrogens (tertiary/aromatic N) is 6. The molecule has 9 heterocycles. The maximum Gasteiger partial charge on any atom is 0.0963 e. The zero-order valence-corrected chi connectivity index (χ0v) is 22.9. The monoisotopic (exact) mass is 574 g/mol. The summed E-state index contributed by atoms with van der Waals surface area (Å²) in [6.45, 7) is 0. The van der Waals surface area contributed by atoms with Gasteiger partial charge in [-0.05, 0) is 72.8 Å². The summed E-state index contributed by atoms with van der Waals surface area (Å²) in [4.78, 5) is 17.6. The Morgan fingerprint density at radius 1 is 0.341 bits per heavy atom. The highest BCUT2D eigenvalue weighted by molar-refractivity contribution is 5.98. The lowest BCUT2D eigenvalue weighted by atomic mass is 10.1. The van der Waals surface area contributed by atoms with Gasteiger partial charge < -0.3 is 9.97 Å². The van der Waals surface area contributed by atoms with Crippen molar-refractivity contribution in [1.82, 2.24) is 60.7 Å². The second kappa shape index (κ2) is 9.49. The minimum Gasteiger partial charge on any atom is -0.354 e. The van der Waals surface area contributed by atoms with Crippen molar-refractivity contribution in [3.63, 3.8) is 0 Å². The molecule has 0 unspecified atom stereocenters. The maximum absolute atomic E-state index is 5.15. The van der Waals surface area contributed by atoms with E-state index >= 15 is 0 Å². The minimum absolute atomic E-state index is 0.765. The summed E-state index contributed by atoms with van der Waals surface area (Å²) in [6, 6.07) is 15.9. The van der Waals surface area contributed by atoms with Gasteiger partial charge in [-0.1, -0.05) is 0 Å². The van der Waals surface area contributed by atoms with E-state index in [-0.39, 0.29) is 0 Å². The van der Waals surface area contributed by atoms with Gasteiger partial charge in [0.25, 0.3) is 0 Å². The van der Waals surface area contributed by atoms with Gasteiger partial charge in [-0.2, -0.15) is 20.4 Å². The fraction of sp³-hybridized carbons (Fsp3) is 0. The molecule has 0 aliphatic carbocycles. The van der Waals surface area contributed by atoms with Crippen molar-refractivity contribution in [2.75, 3.05) is 0 Å². The Bertz CT molecular complexity index is 2040. The quantitative estimate of drug-likeness (QED) is 0.146. The zero-order valence-electron chi connectivity index (χ0n) is 22.9. The summed E-state index contributed by atoms with van der Waals surface area (Å²) in [5.41, 5.74) is 13.0. The third-order valence-corrected chi connectivity index (χ3v) is 7.78. The first-order chi connectivity index (χ1) is 21.8. The number of nitrogens with one attached hydrogen (secondary N) is 6. The van der Waals surface area contributed by atoms with E-state index in [1.54, 1.807) is 24.8 Å². The van der Waals surface area contributed by atoms with E-state index < -0.39 is 0 Å². The topological polar surface area (TPSA) is 172 Å². The number of rotatable bonds is 4. The standard InChI is InChI=1S/C32H22N12/c1-2-18-30(26-10-14-34-42-26)20-5-6-22(39-20)32(28-12-16-36-44-28)24-8-7-23(40-24)31(27-11-15-35-43-27)21-4-3-19(38-21)29(17(1)37-18)25-9-13-33-41-25/h1-16,37,40H,(H,33,41)(H,34,42)(H,35,43)(H,36,44). The summed E-state index contributed by atoms with van der Waals surface area (Å²) in [5, 5.41) is 29.9. The predicted octanol–water partition coefficient (Wildman–Crippen LogP) is 6.22. The normalized spacial score (nSPS) is 12.4. The second-order valence-corrected chi connectivity index (χ2v) is 10.3. The van der Waals surface area contributed by atoms with Crippen molar-refractivity contribution >= 4 is 46.4 Å². The highest BCUT2D eigenvalue weighted by atomic mass is 15.1. The summed E-state index contributed by atoms with van der Waals surface area (Å²) in [7, 11) is 0. The lowest BCUT2D eigenvalue weighted by molar-refractivity contribution is 1.09.